The summed E-state index contributed by atoms with van der Waals surface area (Å²) in [6, 6.07) is 1.27. The molecule has 6 heteroatoms. The molecule has 2 aliphatic rings. The molecular formula is C21H43FN4O. The molecule has 2 aliphatic heterocycles. The third-order valence-electron chi connectivity index (χ3n) is 5.97. The molecule has 2 heterocycles. The molecule has 0 aromatic heterocycles. The fourth-order valence-electron chi connectivity index (χ4n) is 4.52. The van der Waals surface area contributed by atoms with Crippen molar-refractivity contribution < 1.29 is 9.13 Å². The number of nitrogens with zero attached hydrogens (tertiary/aromatic N) is 2. The van der Waals surface area contributed by atoms with E-state index in [0.29, 0.717) is 24.7 Å². The molecule has 2 fully saturated rings. The normalized spacial score (nSPS) is 33.1. The Labute approximate surface area is 166 Å². The van der Waals surface area contributed by atoms with Gasteiger partial charge in [0.2, 0.25) is 0 Å². The topological polar surface area (TPSA) is 39.8 Å². The summed E-state index contributed by atoms with van der Waals surface area (Å²) in [5.41, 5.74) is 0.0159. The summed E-state index contributed by atoms with van der Waals surface area (Å²) in [6.45, 7) is 20.6. The molecular weight excluding hydrogens is 343 g/mol. The van der Waals surface area contributed by atoms with Crippen molar-refractivity contribution in [3.63, 3.8) is 0 Å². The summed E-state index contributed by atoms with van der Waals surface area (Å²) in [5, 5.41) is 7.24. The zero-order valence-corrected chi connectivity index (χ0v) is 18.6. The summed E-state index contributed by atoms with van der Waals surface area (Å²) in [6.07, 6.45) is 0.900. The van der Waals surface area contributed by atoms with Crippen molar-refractivity contribution in [1.82, 2.24) is 20.4 Å². The Morgan fingerprint density at radius 3 is 2.15 bits per heavy atom. The molecule has 2 N–H and O–H groups in total. The van der Waals surface area contributed by atoms with Crippen molar-refractivity contribution in [3.05, 3.63) is 0 Å². The van der Waals surface area contributed by atoms with Gasteiger partial charge in [0.25, 0.3) is 0 Å². The molecule has 3 atom stereocenters. The number of alkyl halides is 1. The van der Waals surface area contributed by atoms with Gasteiger partial charge in [-0.25, -0.2) is 4.39 Å². The summed E-state index contributed by atoms with van der Waals surface area (Å²) in [5.74, 6) is 0. The van der Waals surface area contributed by atoms with Gasteiger partial charge >= 0.3 is 0 Å². The maximum Gasteiger partial charge on any atom is 0.106 e. The number of nitrogens with one attached hydrogen (secondary N) is 2. The fourth-order valence-corrected chi connectivity index (χ4v) is 4.52. The molecule has 0 bridgehead atoms. The molecule has 0 spiro atoms. The molecule has 0 radical (unpaired) electrons. The molecule has 0 aromatic carbocycles. The van der Waals surface area contributed by atoms with Gasteiger partial charge in [-0.05, 0) is 54.9 Å². The number of halogens is 1. The predicted octanol–water partition coefficient (Wildman–Crippen LogP) is 2.26. The van der Waals surface area contributed by atoms with Gasteiger partial charge in [-0.2, -0.15) is 0 Å². The highest BCUT2D eigenvalue weighted by molar-refractivity contribution is 4.97. The Balaban J connectivity index is 1.81. The van der Waals surface area contributed by atoms with E-state index in [0.717, 1.165) is 39.2 Å². The second-order valence-electron chi connectivity index (χ2n) is 10.2. The lowest BCUT2D eigenvalue weighted by Crippen LogP contribution is -2.65. The second kappa shape index (κ2) is 9.49. The Kier molecular flexibility index (Phi) is 8.08. The molecule has 0 saturated carbocycles. The van der Waals surface area contributed by atoms with E-state index >= 15 is 0 Å². The van der Waals surface area contributed by atoms with Gasteiger partial charge in [0, 0.05) is 68.0 Å². The van der Waals surface area contributed by atoms with E-state index in [9.17, 15) is 4.39 Å². The second-order valence-corrected chi connectivity index (χ2v) is 10.2. The van der Waals surface area contributed by atoms with Crippen LogP contribution in [0, 0.1) is 0 Å². The standard InChI is InChI=1S/C21H43FN4O/c1-16(2)25-12-19(23-20(5,6)14-25)13-27-9-8-21(7)15-26(17(3)4)11-18(10-22)24-21/h16-19,23-24H,8-15H2,1-7H3. The van der Waals surface area contributed by atoms with Crippen LogP contribution in [0.15, 0.2) is 0 Å². The molecule has 27 heavy (non-hydrogen) atoms. The van der Waals surface area contributed by atoms with E-state index < -0.39 is 0 Å². The first-order valence-corrected chi connectivity index (χ1v) is 10.7. The molecule has 160 valence electrons. The quantitative estimate of drug-likeness (QED) is 0.626. The number of hydrogen-bond acceptors (Lipinski definition) is 5. The zero-order valence-electron chi connectivity index (χ0n) is 18.6. The minimum absolute atomic E-state index is 0.0773. The summed E-state index contributed by atoms with van der Waals surface area (Å²) in [7, 11) is 0. The van der Waals surface area contributed by atoms with Gasteiger partial charge in [-0.1, -0.05) is 0 Å². The van der Waals surface area contributed by atoms with Crippen LogP contribution in [0.4, 0.5) is 4.39 Å². The third-order valence-corrected chi connectivity index (χ3v) is 5.97. The first kappa shape index (κ1) is 23.0. The van der Waals surface area contributed by atoms with E-state index in [1.807, 2.05) is 0 Å². The van der Waals surface area contributed by atoms with E-state index in [-0.39, 0.29) is 23.8 Å². The Hall–Kier alpha value is -0.270. The van der Waals surface area contributed by atoms with E-state index in [4.69, 9.17) is 4.74 Å². The van der Waals surface area contributed by atoms with Crippen LogP contribution in [0.1, 0.15) is 54.9 Å². The summed E-state index contributed by atoms with van der Waals surface area (Å²) < 4.78 is 19.4. The fraction of sp³-hybridized carbons (Fsp3) is 1.00. The average molecular weight is 387 g/mol. The zero-order chi connectivity index (χ0) is 20.2. The van der Waals surface area contributed by atoms with Crippen LogP contribution in [0.5, 0.6) is 0 Å². The maximum atomic E-state index is 13.3. The van der Waals surface area contributed by atoms with E-state index in [1.54, 1.807) is 0 Å². The van der Waals surface area contributed by atoms with Crippen LogP contribution in [0.25, 0.3) is 0 Å². The van der Waals surface area contributed by atoms with Crippen LogP contribution >= 0.6 is 0 Å². The van der Waals surface area contributed by atoms with Crippen LogP contribution in [0.2, 0.25) is 0 Å². The van der Waals surface area contributed by atoms with Crippen LogP contribution in [-0.2, 0) is 4.74 Å². The van der Waals surface area contributed by atoms with Crippen molar-refractivity contribution in [1.29, 1.82) is 0 Å². The molecule has 0 amide bonds. The third kappa shape index (κ3) is 6.93. The molecule has 0 aromatic rings. The Morgan fingerprint density at radius 1 is 0.963 bits per heavy atom. The smallest absolute Gasteiger partial charge is 0.106 e. The molecule has 3 unspecified atom stereocenters. The summed E-state index contributed by atoms with van der Waals surface area (Å²) in [4.78, 5) is 4.91. The van der Waals surface area contributed by atoms with Gasteiger partial charge < -0.3 is 15.4 Å². The van der Waals surface area contributed by atoms with E-state index in [1.165, 1.54) is 0 Å². The molecule has 0 aliphatic carbocycles. The summed E-state index contributed by atoms with van der Waals surface area (Å²) >= 11 is 0. The van der Waals surface area contributed by atoms with E-state index in [2.05, 4.69) is 68.9 Å². The minimum atomic E-state index is -0.314. The lowest BCUT2D eigenvalue weighted by molar-refractivity contribution is 0.0170. The Morgan fingerprint density at radius 2 is 1.56 bits per heavy atom. The van der Waals surface area contributed by atoms with Gasteiger partial charge in [0.05, 0.1) is 6.61 Å². The van der Waals surface area contributed by atoms with Crippen LogP contribution in [-0.4, -0.2) is 91.1 Å². The monoisotopic (exact) mass is 386 g/mol. The number of piperazine rings is 2. The maximum absolute atomic E-state index is 13.3. The predicted molar refractivity (Wildman–Crippen MR) is 111 cm³/mol. The van der Waals surface area contributed by atoms with Gasteiger partial charge in [-0.3, -0.25) is 9.80 Å². The van der Waals surface area contributed by atoms with Crippen molar-refractivity contribution in [2.45, 2.75) is 90.1 Å². The number of rotatable bonds is 8. The SMILES string of the molecule is CC(C)N1CC(COCCC2(C)CN(C(C)C)CC(CF)N2)NC(C)(C)C1. The highest BCUT2D eigenvalue weighted by Crippen LogP contribution is 2.21. The van der Waals surface area contributed by atoms with Crippen molar-refractivity contribution in [2.24, 2.45) is 0 Å². The van der Waals surface area contributed by atoms with Gasteiger partial charge in [-0.15, -0.1) is 0 Å². The molecule has 2 saturated heterocycles. The highest BCUT2D eigenvalue weighted by atomic mass is 19.1. The largest absolute Gasteiger partial charge is 0.380 e. The lowest BCUT2D eigenvalue weighted by atomic mass is 9.92. The molecule has 5 nitrogen and oxygen atoms in total. The van der Waals surface area contributed by atoms with Crippen LogP contribution < -0.4 is 10.6 Å². The van der Waals surface area contributed by atoms with Crippen molar-refractivity contribution >= 4 is 0 Å². The average Bonchev–Trinajstić information content (AvgIpc) is 2.56. The number of hydrogen-bond donors (Lipinski definition) is 2. The first-order chi connectivity index (χ1) is 12.5. The van der Waals surface area contributed by atoms with Gasteiger partial charge in [0.15, 0.2) is 0 Å². The van der Waals surface area contributed by atoms with Crippen LogP contribution in [0.3, 0.4) is 0 Å². The molecule has 2 rings (SSSR count). The lowest BCUT2D eigenvalue weighted by Gasteiger charge is -2.47. The first-order valence-electron chi connectivity index (χ1n) is 10.7. The van der Waals surface area contributed by atoms with Crippen molar-refractivity contribution in [3.8, 4) is 0 Å². The highest BCUT2D eigenvalue weighted by Gasteiger charge is 2.36. The number of ether oxygens (including phenoxy) is 1. The van der Waals surface area contributed by atoms with Crippen molar-refractivity contribution in [2.75, 3.05) is 46.1 Å². The van der Waals surface area contributed by atoms with Gasteiger partial charge in [0.1, 0.15) is 6.67 Å². The Bertz CT molecular complexity index is 459. The minimum Gasteiger partial charge on any atom is -0.380 e.